The third-order valence-corrected chi connectivity index (χ3v) is 3.46. The standard InChI is InChI=1S/C15H28O5/c1-2-3-4-5-6-7-8-9-19-15-13(18)11-20-14(15)12(17)10-16/h3-4,12-18H,2,5-11H2,1H3/b4-3+/t12-,13+,14+,15+/m1/s1. The maximum atomic E-state index is 9.75. The van der Waals surface area contributed by atoms with Crippen molar-refractivity contribution in [1.29, 1.82) is 0 Å². The SMILES string of the molecule is CC/C=C/CCCCCO[C@@H]1[C@H]([C@H](O)CO)OC[C@@H]1O. The van der Waals surface area contributed by atoms with Crippen LogP contribution < -0.4 is 0 Å². The predicted octanol–water partition coefficient (Wildman–Crippen LogP) is 1.01. The Hall–Kier alpha value is -0.460. The summed E-state index contributed by atoms with van der Waals surface area (Å²) in [5, 5.41) is 28.3. The quantitative estimate of drug-likeness (QED) is 0.413. The second-order valence-corrected chi connectivity index (χ2v) is 5.18. The summed E-state index contributed by atoms with van der Waals surface area (Å²) in [6.45, 7) is 2.42. The number of hydrogen-bond donors (Lipinski definition) is 3. The predicted molar refractivity (Wildman–Crippen MR) is 76.5 cm³/mol. The summed E-state index contributed by atoms with van der Waals surface area (Å²) in [6, 6.07) is 0. The second kappa shape index (κ2) is 10.3. The first-order chi connectivity index (χ1) is 9.70. The van der Waals surface area contributed by atoms with Crippen molar-refractivity contribution in [2.45, 2.75) is 63.4 Å². The van der Waals surface area contributed by atoms with Gasteiger partial charge in [0, 0.05) is 6.61 Å². The number of rotatable bonds is 10. The lowest BCUT2D eigenvalue weighted by Gasteiger charge is -2.23. The lowest BCUT2D eigenvalue weighted by atomic mass is 10.1. The largest absolute Gasteiger partial charge is 0.394 e. The van der Waals surface area contributed by atoms with Crippen LogP contribution in [0, 0.1) is 0 Å². The minimum absolute atomic E-state index is 0.147. The van der Waals surface area contributed by atoms with Gasteiger partial charge in [0.15, 0.2) is 0 Å². The molecule has 0 aliphatic carbocycles. The van der Waals surface area contributed by atoms with Crippen molar-refractivity contribution in [3.05, 3.63) is 12.2 Å². The molecule has 4 atom stereocenters. The molecule has 0 aromatic heterocycles. The van der Waals surface area contributed by atoms with E-state index in [2.05, 4.69) is 19.1 Å². The van der Waals surface area contributed by atoms with Crippen molar-refractivity contribution in [3.8, 4) is 0 Å². The molecule has 0 aromatic rings. The van der Waals surface area contributed by atoms with E-state index in [0.29, 0.717) is 6.61 Å². The zero-order chi connectivity index (χ0) is 14.8. The molecule has 0 bridgehead atoms. The van der Waals surface area contributed by atoms with Crippen LogP contribution >= 0.6 is 0 Å². The van der Waals surface area contributed by atoms with Gasteiger partial charge in [-0.1, -0.05) is 25.5 Å². The van der Waals surface area contributed by atoms with Gasteiger partial charge in [-0.2, -0.15) is 0 Å². The average Bonchev–Trinajstić information content (AvgIpc) is 2.82. The van der Waals surface area contributed by atoms with E-state index in [9.17, 15) is 10.2 Å². The van der Waals surface area contributed by atoms with Crippen LogP contribution in [0.25, 0.3) is 0 Å². The third-order valence-electron chi connectivity index (χ3n) is 3.46. The molecule has 1 fully saturated rings. The molecule has 5 heteroatoms. The van der Waals surface area contributed by atoms with Crippen LogP contribution in [0.5, 0.6) is 0 Å². The first kappa shape index (κ1) is 17.6. The molecule has 1 aliphatic rings. The molecule has 118 valence electrons. The smallest absolute Gasteiger partial charge is 0.114 e. The van der Waals surface area contributed by atoms with Crippen molar-refractivity contribution in [1.82, 2.24) is 0 Å². The zero-order valence-electron chi connectivity index (χ0n) is 12.3. The molecule has 0 spiro atoms. The van der Waals surface area contributed by atoms with Gasteiger partial charge in [0.05, 0.1) is 13.2 Å². The van der Waals surface area contributed by atoms with Crippen molar-refractivity contribution in [2.24, 2.45) is 0 Å². The lowest BCUT2D eigenvalue weighted by Crippen LogP contribution is -2.42. The average molecular weight is 288 g/mol. The number of unbranched alkanes of at least 4 members (excludes halogenated alkanes) is 3. The minimum Gasteiger partial charge on any atom is -0.394 e. The molecule has 3 N–H and O–H groups in total. The van der Waals surface area contributed by atoms with Gasteiger partial charge >= 0.3 is 0 Å². The molecule has 1 saturated heterocycles. The number of aliphatic hydroxyl groups is 3. The van der Waals surface area contributed by atoms with Gasteiger partial charge in [-0.3, -0.25) is 0 Å². The topological polar surface area (TPSA) is 79.2 Å². The Morgan fingerprint density at radius 1 is 1.30 bits per heavy atom. The first-order valence-electron chi connectivity index (χ1n) is 7.55. The van der Waals surface area contributed by atoms with Gasteiger partial charge in [-0.25, -0.2) is 0 Å². The Labute approximate surface area is 121 Å². The van der Waals surface area contributed by atoms with Crippen LogP contribution in [0.1, 0.15) is 39.0 Å². The maximum Gasteiger partial charge on any atom is 0.114 e. The number of allylic oxidation sites excluding steroid dienone is 2. The summed E-state index contributed by atoms with van der Waals surface area (Å²) in [6.07, 6.45) is 6.76. The van der Waals surface area contributed by atoms with E-state index >= 15 is 0 Å². The van der Waals surface area contributed by atoms with Gasteiger partial charge in [-0.15, -0.1) is 0 Å². The highest BCUT2D eigenvalue weighted by atomic mass is 16.6. The normalized spacial score (nSPS) is 28.3. The molecule has 20 heavy (non-hydrogen) atoms. The van der Waals surface area contributed by atoms with E-state index in [-0.39, 0.29) is 13.2 Å². The molecule has 1 heterocycles. The summed E-state index contributed by atoms with van der Waals surface area (Å²) < 4.78 is 10.9. The highest BCUT2D eigenvalue weighted by molar-refractivity contribution is 4.89. The van der Waals surface area contributed by atoms with Gasteiger partial charge < -0.3 is 24.8 Å². The fourth-order valence-corrected chi connectivity index (χ4v) is 2.30. The van der Waals surface area contributed by atoms with E-state index in [1.807, 2.05) is 0 Å². The molecule has 0 radical (unpaired) electrons. The van der Waals surface area contributed by atoms with Gasteiger partial charge in [-0.05, 0) is 25.7 Å². The van der Waals surface area contributed by atoms with E-state index in [1.165, 1.54) is 0 Å². The van der Waals surface area contributed by atoms with E-state index in [1.54, 1.807) is 0 Å². The molecule has 1 aliphatic heterocycles. The molecule has 5 nitrogen and oxygen atoms in total. The van der Waals surface area contributed by atoms with Crippen LogP contribution in [0.15, 0.2) is 12.2 Å². The van der Waals surface area contributed by atoms with Crippen molar-refractivity contribution >= 4 is 0 Å². The van der Waals surface area contributed by atoms with Crippen molar-refractivity contribution < 1.29 is 24.8 Å². The van der Waals surface area contributed by atoms with Gasteiger partial charge in [0.1, 0.15) is 24.4 Å². The van der Waals surface area contributed by atoms with Gasteiger partial charge in [0.2, 0.25) is 0 Å². The van der Waals surface area contributed by atoms with Crippen LogP contribution in [-0.2, 0) is 9.47 Å². The summed E-state index contributed by atoms with van der Waals surface area (Å²) in [5.41, 5.74) is 0. The summed E-state index contributed by atoms with van der Waals surface area (Å²) in [7, 11) is 0. The molecular weight excluding hydrogens is 260 g/mol. The van der Waals surface area contributed by atoms with E-state index in [4.69, 9.17) is 14.6 Å². The molecule has 0 saturated carbocycles. The Balaban J connectivity index is 2.14. The number of aliphatic hydroxyl groups excluding tert-OH is 3. The Morgan fingerprint density at radius 2 is 2.10 bits per heavy atom. The highest BCUT2D eigenvalue weighted by Gasteiger charge is 2.40. The van der Waals surface area contributed by atoms with Crippen LogP contribution in [0.2, 0.25) is 0 Å². The minimum atomic E-state index is -1.00. The third kappa shape index (κ3) is 5.89. The molecule has 0 aromatic carbocycles. The first-order valence-corrected chi connectivity index (χ1v) is 7.55. The fourth-order valence-electron chi connectivity index (χ4n) is 2.30. The maximum absolute atomic E-state index is 9.75. The Bertz CT molecular complexity index is 269. The molecule has 0 unspecified atom stereocenters. The Kier molecular flexibility index (Phi) is 9.05. The van der Waals surface area contributed by atoms with Crippen LogP contribution in [0.4, 0.5) is 0 Å². The number of hydrogen-bond acceptors (Lipinski definition) is 5. The van der Waals surface area contributed by atoms with Crippen LogP contribution in [0.3, 0.4) is 0 Å². The van der Waals surface area contributed by atoms with Gasteiger partial charge in [0.25, 0.3) is 0 Å². The van der Waals surface area contributed by atoms with Crippen LogP contribution in [-0.4, -0.2) is 59.6 Å². The monoisotopic (exact) mass is 288 g/mol. The Morgan fingerprint density at radius 3 is 2.80 bits per heavy atom. The molecule has 0 amide bonds. The van der Waals surface area contributed by atoms with E-state index < -0.39 is 24.4 Å². The molecule has 1 rings (SSSR count). The zero-order valence-corrected chi connectivity index (χ0v) is 12.3. The summed E-state index contributed by atoms with van der Waals surface area (Å²) in [4.78, 5) is 0. The lowest BCUT2D eigenvalue weighted by molar-refractivity contribution is -0.0937. The highest BCUT2D eigenvalue weighted by Crippen LogP contribution is 2.21. The van der Waals surface area contributed by atoms with E-state index in [0.717, 1.165) is 32.1 Å². The number of ether oxygens (including phenoxy) is 2. The molecular formula is C15H28O5. The van der Waals surface area contributed by atoms with Crippen molar-refractivity contribution in [2.75, 3.05) is 19.8 Å². The summed E-state index contributed by atoms with van der Waals surface area (Å²) in [5.74, 6) is 0. The summed E-state index contributed by atoms with van der Waals surface area (Å²) >= 11 is 0. The second-order valence-electron chi connectivity index (χ2n) is 5.18. The fraction of sp³-hybridized carbons (Fsp3) is 0.867. The van der Waals surface area contributed by atoms with Crippen molar-refractivity contribution in [3.63, 3.8) is 0 Å².